The van der Waals surface area contributed by atoms with Gasteiger partial charge in [-0.2, -0.15) is 0 Å². The molecule has 0 spiro atoms. The van der Waals surface area contributed by atoms with E-state index in [1.807, 2.05) is 11.8 Å². The number of benzene rings is 2. The molecule has 0 aromatic heterocycles. The van der Waals surface area contributed by atoms with Gasteiger partial charge in [0.2, 0.25) is 5.91 Å². The van der Waals surface area contributed by atoms with E-state index in [1.165, 1.54) is 26.5 Å². The Morgan fingerprint density at radius 1 is 1.08 bits per heavy atom. The third-order valence-corrected chi connectivity index (χ3v) is 6.62. The molecule has 2 aromatic carbocycles. The number of hydrogen-bond acceptors (Lipinski definition) is 2. The average molecular weight is 337 g/mol. The summed E-state index contributed by atoms with van der Waals surface area (Å²) in [6, 6.07) is 15.9. The standard InChI is InChI=1S/C21H23NOS/c1-14-3-6-16(7-4-14)24-17-8-9-18-15(13-17)5-10-19-21(18,2)12-11-20(23)22-19/h3-4,6-9,13,19H,5,10-12H2,1-2H3,(H,22,23)/t19?,21-/m1/s1. The normalized spacial score (nSPS) is 25.6. The summed E-state index contributed by atoms with van der Waals surface area (Å²) in [6.07, 6.45) is 3.71. The van der Waals surface area contributed by atoms with Crippen LogP contribution in [0.25, 0.3) is 0 Å². The van der Waals surface area contributed by atoms with E-state index in [0.29, 0.717) is 12.5 Å². The summed E-state index contributed by atoms with van der Waals surface area (Å²) in [7, 11) is 0. The van der Waals surface area contributed by atoms with Crippen LogP contribution in [0.15, 0.2) is 52.3 Å². The number of aryl methyl sites for hydroxylation is 2. The Hall–Kier alpha value is -1.74. The van der Waals surface area contributed by atoms with Crippen LogP contribution in [0.2, 0.25) is 0 Å². The average Bonchev–Trinajstić information content (AvgIpc) is 2.58. The van der Waals surface area contributed by atoms with Crippen molar-refractivity contribution in [3.05, 3.63) is 59.2 Å². The third kappa shape index (κ3) is 2.75. The van der Waals surface area contributed by atoms with Crippen LogP contribution in [0.3, 0.4) is 0 Å². The van der Waals surface area contributed by atoms with Crippen molar-refractivity contribution in [3.8, 4) is 0 Å². The highest BCUT2D eigenvalue weighted by molar-refractivity contribution is 7.99. The summed E-state index contributed by atoms with van der Waals surface area (Å²) < 4.78 is 0. The molecule has 124 valence electrons. The van der Waals surface area contributed by atoms with E-state index in [9.17, 15) is 4.79 Å². The zero-order valence-corrected chi connectivity index (χ0v) is 15.1. The van der Waals surface area contributed by atoms with E-state index in [4.69, 9.17) is 0 Å². The Kier molecular flexibility index (Phi) is 3.92. The Labute approximate surface area is 148 Å². The second-order valence-corrected chi connectivity index (χ2v) is 8.46. The zero-order chi connectivity index (χ0) is 16.7. The van der Waals surface area contributed by atoms with Gasteiger partial charge in [-0.3, -0.25) is 4.79 Å². The van der Waals surface area contributed by atoms with E-state index >= 15 is 0 Å². The monoisotopic (exact) mass is 337 g/mol. The lowest BCUT2D eigenvalue weighted by molar-refractivity contribution is -0.125. The Morgan fingerprint density at radius 2 is 1.83 bits per heavy atom. The maximum Gasteiger partial charge on any atom is 0.220 e. The van der Waals surface area contributed by atoms with Gasteiger partial charge in [-0.15, -0.1) is 0 Å². The van der Waals surface area contributed by atoms with E-state index in [2.05, 4.69) is 61.6 Å². The summed E-state index contributed by atoms with van der Waals surface area (Å²) in [6.45, 7) is 4.44. The van der Waals surface area contributed by atoms with Gasteiger partial charge in [0, 0.05) is 27.7 Å². The lowest BCUT2D eigenvalue weighted by Crippen LogP contribution is -2.55. The number of piperidine rings is 1. The maximum absolute atomic E-state index is 11.7. The zero-order valence-electron chi connectivity index (χ0n) is 14.3. The smallest absolute Gasteiger partial charge is 0.220 e. The molecule has 1 aliphatic heterocycles. The molecule has 0 radical (unpaired) electrons. The fourth-order valence-electron chi connectivity index (χ4n) is 4.13. The fourth-order valence-corrected chi connectivity index (χ4v) is 5.01. The van der Waals surface area contributed by atoms with Gasteiger partial charge in [-0.25, -0.2) is 0 Å². The molecule has 1 N–H and O–H groups in total. The molecular weight excluding hydrogens is 314 g/mol. The minimum absolute atomic E-state index is 0.0918. The first-order valence-electron chi connectivity index (χ1n) is 8.72. The topological polar surface area (TPSA) is 29.1 Å². The van der Waals surface area contributed by atoms with Crippen molar-refractivity contribution in [3.63, 3.8) is 0 Å². The Bertz CT molecular complexity index is 783. The van der Waals surface area contributed by atoms with E-state index in [0.717, 1.165) is 19.3 Å². The largest absolute Gasteiger partial charge is 0.352 e. The van der Waals surface area contributed by atoms with Crippen LogP contribution in [0.1, 0.15) is 42.9 Å². The van der Waals surface area contributed by atoms with Crippen molar-refractivity contribution < 1.29 is 4.79 Å². The highest BCUT2D eigenvalue weighted by atomic mass is 32.2. The minimum Gasteiger partial charge on any atom is -0.352 e. The van der Waals surface area contributed by atoms with Gasteiger partial charge in [-0.05, 0) is 61.6 Å². The molecule has 1 amide bonds. The molecule has 1 heterocycles. The number of hydrogen-bond donors (Lipinski definition) is 1. The molecule has 24 heavy (non-hydrogen) atoms. The van der Waals surface area contributed by atoms with Gasteiger partial charge in [0.1, 0.15) is 0 Å². The lowest BCUT2D eigenvalue weighted by Gasteiger charge is -2.46. The summed E-state index contributed by atoms with van der Waals surface area (Å²) in [5.74, 6) is 0.215. The van der Waals surface area contributed by atoms with Crippen LogP contribution in [0, 0.1) is 6.92 Å². The van der Waals surface area contributed by atoms with Gasteiger partial charge in [0.15, 0.2) is 0 Å². The third-order valence-electron chi connectivity index (χ3n) is 5.63. The van der Waals surface area contributed by atoms with Crippen LogP contribution in [0.4, 0.5) is 0 Å². The molecule has 1 unspecified atom stereocenters. The van der Waals surface area contributed by atoms with Gasteiger partial charge in [-0.1, -0.05) is 42.4 Å². The summed E-state index contributed by atoms with van der Waals surface area (Å²) in [5, 5.41) is 3.22. The maximum atomic E-state index is 11.7. The molecule has 2 nitrogen and oxygen atoms in total. The summed E-state index contributed by atoms with van der Waals surface area (Å²) >= 11 is 1.83. The quantitative estimate of drug-likeness (QED) is 0.866. The minimum atomic E-state index is 0.0918. The highest BCUT2D eigenvalue weighted by Gasteiger charge is 2.43. The molecule has 4 rings (SSSR count). The molecule has 1 aliphatic carbocycles. The lowest BCUT2D eigenvalue weighted by atomic mass is 9.64. The van der Waals surface area contributed by atoms with Gasteiger partial charge in [0.25, 0.3) is 0 Å². The molecule has 2 atom stereocenters. The van der Waals surface area contributed by atoms with Crippen molar-refractivity contribution in [1.29, 1.82) is 0 Å². The van der Waals surface area contributed by atoms with Crippen LogP contribution >= 0.6 is 11.8 Å². The van der Waals surface area contributed by atoms with Crippen molar-refractivity contribution in [2.75, 3.05) is 0 Å². The number of fused-ring (bicyclic) bond motifs is 3. The Balaban J connectivity index is 1.62. The Morgan fingerprint density at radius 3 is 2.62 bits per heavy atom. The molecule has 0 saturated carbocycles. The van der Waals surface area contributed by atoms with Crippen LogP contribution in [-0.4, -0.2) is 11.9 Å². The predicted octanol–water partition coefficient (Wildman–Crippen LogP) is 4.63. The van der Waals surface area contributed by atoms with Crippen LogP contribution in [-0.2, 0) is 16.6 Å². The number of nitrogens with one attached hydrogen (secondary N) is 1. The van der Waals surface area contributed by atoms with Crippen LogP contribution < -0.4 is 5.32 Å². The molecular formula is C21H23NOS. The number of amides is 1. The SMILES string of the molecule is Cc1ccc(Sc2ccc3c(c2)CCC2NC(=O)CC[C@]32C)cc1. The van der Waals surface area contributed by atoms with Gasteiger partial charge in [0.05, 0.1) is 0 Å². The first kappa shape index (κ1) is 15.8. The number of carbonyl (C=O) groups is 1. The summed E-state index contributed by atoms with van der Waals surface area (Å²) in [4.78, 5) is 14.3. The first-order valence-corrected chi connectivity index (χ1v) is 9.53. The molecule has 2 aliphatic rings. The molecule has 2 aromatic rings. The number of carbonyl (C=O) groups excluding carboxylic acids is 1. The predicted molar refractivity (Wildman–Crippen MR) is 98.6 cm³/mol. The molecule has 0 bridgehead atoms. The second kappa shape index (κ2) is 5.96. The van der Waals surface area contributed by atoms with Gasteiger partial charge < -0.3 is 5.32 Å². The van der Waals surface area contributed by atoms with Crippen LogP contribution in [0.5, 0.6) is 0 Å². The molecule has 3 heteroatoms. The van der Waals surface area contributed by atoms with E-state index in [1.54, 1.807) is 0 Å². The molecule has 1 saturated heterocycles. The number of rotatable bonds is 2. The van der Waals surface area contributed by atoms with Crippen molar-refractivity contribution in [2.24, 2.45) is 0 Å². The van der Waals surface area contributed by atoms with Crippen molar-refractivity contribution >= 4 is 17.7 Å². The van der Waals surface area contributed by atoms with Crippen molar-refractivity contribution in [1.82, 2.24) is 5.32 Å². The second-order valence-electron chi connectivity index (χ2n) is 7.31. The summed E-state index contributed by atoms with van der Waals surface area (Å²) in [5.41, 5.74) is 4.28. The molecule has 1 fully saturated rings. The highest BCUT2D eigenvalue weighted by Crippen LogP contribution is 2.44. The van der Waals surface area contributed by atoms with Gasteiger partial charge >= 0.3 is 0 Å². The first-order chi connectivity index (χ1) is 11.5. The fraction of sp³-hybridized carbons (Fsp3) is 0.381. The van der Waals surface area contributed by atoms with E-state index in [-0.39, 0.29) is 11.3 Å². The van der Waals surface area contributed by atoms with E-state index < -0.39 is 0 Å². The van der Waals surface area contributed by atoms with Crippen molar-refractivity contribution in [2.45, 2.75) is 60.8 Å².